The van der Waals surface area contributed by atoms with E-state index < -0.39 is 0 Å². The Kier molecular flexibility index (Phi) is 6.01. The number of aryl methyl sites for hydroxylation is 1. The number of aromatic nitrogens is 3. The molecular formula is C27H30N4O2. The minimum absolute atomic E-state index is 0.0763. The van der Waals surface area contributed by atoms with Crippen molar-refractivity contribution in [1.82, 2.24) is 14.5 Å². The number of para-hydroxylation sites is 1. The minimum atomic E-state index is 0.0763. The van der Waals surface area contributed by atoms with Crippen LogP contribution in [0, 0.1) is 6.92 Å². The summed E-state index contributed by atoms with van der Waals surface area (Å²) >= 11 is 0. The molecule has 0 aliphatic carbocycles. The third-order valence-corrected chi connectivity index (χ3v) is 5.96. The van der Waals surface area contributed by atoms with Crippen molar-refractivity contribution < 1.29 is 9.47 Å². The molecular weight excluding hydrogens is 412 g/mol. The Labute approximate surface area is 194 Å². The second kappa shape index (κ2) is 9.24. The number of ether oxygens (including phenoxy) is 2. The first-order valence-electron chi connectivity index (χ1n) is 11.6. The number of hydrogen-bond donors (Lipinski definition) is 1. The predicted octanol–water partition coefficient (Wildman–Crippen LogP) is 5.77. The zero-order valence-corrected chi connectivity index (χ0v) is 19.4. The Morgan fingerprint density at radius 3 is 2.64 bits per heavy atom. The van der Waals surface area contributed by atoms with Crippen LogP contribution in [-0.4, -0.2) is 39.9 Å². The Balaban J connectivity index is 1.72. The fourth-order valence-electron chi connectivity index (χ4n) is 4.43. The molecule has 1 aliphatic heterocycles. The van der Waals surface area contributed by atoms with E-state index in [1.54, 1.807) is 6.33 Å². The average molecular weight is 443 g/mol. The Bertz CT molecular complexity index is 1260. The van der Waals surface area contributed by atoms with Gasteiger partial charge in [0.15, 0.2) is 5.65 Å². The molecule has 2 aromatic carbocycles. The average Bonchev–Trinajstić information content (AvgIpc) is 3.20. The highest BCUT2D eigenvalue weighted by atomic mass is 16.5. The molecule has 0 radical (unpaired) electrons. The van der Waals surface area contributed by atoms with Gasteiger partial charge in [-0.25, -0.2) is 9.97 Å². The highest BCUT2D eigenvalue weighted by Crippen LogP contribution is 2.40. The summed E-state index contributed by atoms with van der Waals surface area (Å²) in [6.45, 7) is 7.75. The van der Waals surface area contributed by atoms with E-state index in [-0.39, 0.29) is 6.10 Å². The standard InChI is InChI=1S/C27H30N4O2/c1-18(2)33-24-10-5-4-9-22(24)23-16-31(21-8-6-7-19(3)15-21)27-25(23)26(28-17-29-27)30-20-11-13-32-14-12-20/h4-10,15-18,20H,11-14H2,1-3H3,(H,28,29,30). The van der Waals surface area contributed by atoms with Gasteiger partial charge in [0.1, 0.15) is 17.9 Å². The Morgan fingerprint density at radius 1 is 1.03 bits per heavy atom. The van der Waals surface area contributed by atoms with Crippen LogP contribution in [0.4, 0.5) is 5.82 Å². The Morgan fingerprint density at radius 2 is 1.85 bits per heavy atom. The summed E-state index contributed by atoms with van der Waals surface area (Å²) in [6, 6.07) is 17.0. The van der Waals surface area contributed by atoms with Crippen LogP contribution in [0.2, 0.25) is 0 Å². The molecule has 0 saturated carbocycles. The number of rotatable bonds is 6. The number of nitrogens with zero attached hydrogens (tertiary/aromatic N) is 3. The van der Waals surface area contributed by atoms with E-state index in [4.69, 9.17) is 14.5 Å². The number of benzene rings is 2. The van der Waals surface area contributed by atoms with Gasteiger partial charge in [-0.15, -0.1) is 0 Å². The van der Waals surface area contributed by atoms with E-state index in [0.29, 0.717) is 6.04 Å². The van der Waals surface area contributed by atoms with Crippen LogP contribution < -0.4 is 10.1 Å². The maximum Gasteiger partial charge on any atom is 0.150 e. The van der Waals surface area contributed by atoms with Crippen LogP contribution in [0.25, 0.3) is 27.8 Å². The van der Waals surface area contributed by atoms with Gasteiger partial charge in [-0.05, 0) is 57.4 Å². The summed E-state index contributed by atoms with van der Waals surface area (Å²) in [5, 5.41) is 4.69. The zero-order chi connectivity index (χ0) is 22.8. The van der Waals surface area contributed by atoms with Crippen molar-refractivity contribution in [2.75, 3.05) is 18.5 Å². The topological polar surface area (TPSA) is 61.2 Å². The summed E-state index contributed by atoms with van der Waals surface area (Å²) in [5.41, 5.74) is 5.24. The predicted molar refractivity (Wildman–Crippen MR) is 132 cm³/mol. The number of fused-ring (bicyclic) bond motifs is 1. The molecule has 33 heavy (non-hydrogen) atoms. The lowest BCUT2D eigenvalue weighted by molar-refractivity contribution is 0.0904. The third-order valence-electron chi connectivity index (χ3n) is 5.96. The molecule has 0 spiro atoms. The molecule has 1 aliphatic rings. The molecule has 6 nitrogen and oxygen atoms in total. The summed E-state index contributed by atoms with van der Waals surface area (Å²) in [4.78, 5) is 9.41. The van der Waals surface area contributed by atoms with Gasteiger partial charge in [-0.3, -0.25) is 0 Å². The van der Waals surface area contributed by atoms with E-state index >= 15 is 0 Å². The monoisotopic (exact) mass is 442 g/mol. The molecule has 1 N–H and O–H groups in total. The smallest absolute Gasteiger partial charge is 0.150 e. The Hall–Kier alpha value is -3.38. The second-order valence-corrected chi connectivity index (χ2v) is 8.87. The quantitative estimate of drug-likeness (QED) is 0.410. The van der Waals surface area contributed by atoms with Gasteiger partial charge in [0.05, 0.1) is 11.5 Å². The van der Waals surface area contributed by atoms with Crippen LogP contribution >= 0.6 is 0 Å². The molecule has 4 aromatic rings. The van der Waals surface area contributed by atoms with Gasteiger partial charge < -0.3 is 19.4 Å². The summed E-state index contributed by atoms with van der Waals surface area (Å²) < 4.78 is 13.9. The second-order valence-electron chi connectivity index (χ2n) is 8.87. The highest BCUT2D eigenvalue weighted by molar-refractivity contribution is 6.03. The fourth-order valence-corrected chi connectivity index (χ4v) is 4.43. The highest BCUT2D eigenvalue weighted by Gasteiger charge is 2.22. The van der Waals surface area contributed by atoms with Crippen molar-refractivity contribution in [3.05, 3.63) is 66.6 Å². The molecule has 6 heteroatoms. The summed E-state index contributed by atoms with van der Waals surface area (Å²) in [7, 11) is 0. The van der Waals surface area contributed by atoms with Gasteiger partial charge in [0.2, 0.25) is 0 Å². The first kappa shape index (κ1) is 21.5. The lowest BCUT2D eigenvalue weighted by Gasteiger charge is -2.24. The SMILES string of the molecule is Cc1cccc(-n2cc(-c3ccccc3OC(C)C)c3c(NC4CCOCC4)ncnc32)c1. The van der Waals surface area contributed by atoms with Gasteiger partial charge in [0.25, 0.3) is 0 Å². The van der Waals surface area contributed by atoms with Crippen molar-refractivity contribution in [2.24, 2.45) is 0 Å². The molecule has 5 rings (SSSR count). The van der Waals surface area contributed by atoms with Crippen LogP contribution in [0.3, 0.4) is 0 Å². The van der Waals surface area contributed by atoms with E-state index in [9.17, 15) is 0 Å². The normalized spacial score (nSPS) is 14.7. The molecule has 1 saturated heterocycles. The third kappa shape index (κ3) is 4.44. The van der Waals surface area contributed by atoms with Crippen LogP contribution in [0.1, 0.15) is 32.3 Å². The minimum Gasteiger partial charge on any atom is -0.490 e. The molecule has 1 fully saturated rings. The first-order valence-corrected chi connectivity index (χ1v) is 11.6. The largest absolute Gasteiger partial charge is 0.490 e. The molecule has 0 unspecified atom stereocenters. The van der Waals surface area contributed by atoms with Crippen LogP contribution in [-0.2, 0) is 4.74 Å². The summed E-state index contributed by atoms with van der Waals surface area (Å²) in [6.07, 6.45) is 5.81. The summed E-state index contributed by atoms with van der Waals surface area (Å²) in [5.74, 6) is 1.71. The molecule has 0 amide bonds. The number of anilines is 1. The van der Waals surface area contributed by atoms with Crippen molar-refractivity contribution in [3.63, 3.8) is 0 Å². The number of nitrogens with one attached hydrogen (secondary N) is 1. The molecule has 2 aromatic heterocycles. The van der Waals surface area contributed by atoms with Gasteiger partial charge in [-0.1, -0.05) is 30.3 Å². The van der Waals surface area contributed by atoms with Gasteiger partial charge in [0, 0.05) is 42.3 Å². The van der Waals surface area contributed by atoms with E-state index in [0.717, 1.165) is 65.5 Å². The molecule has 170 valence electrons. The lowest BCUT2D eigenvalue weighted by atomic mass is 10.0. The molecule has 0 bridgehead atoms. The van der Waals surface area contributed by atoms with E-state index in [2.05, 4.69) is 58.3 Å². The van der Waals surface area contributed by atoms with Crippen molar-refractivity contribution >= 4 is 16.9 Å². The first-order chi connectivity index (χ1) is 16.1. The van der Waals surface area contributed by atoms with Crippen LogP contribution in [0.5, 0.6) is 5.75 Å². The lowest BCUT2D eigenvalue weighted by Crippen LogP contribution is -2.28. The number of hydrogen-bond acceptors (Lipinski definition) is 5. The molecule has 0 atom stereocenters. The zero-order valence-electron chi connectivity index (χ0n) is 19.4. The van der Waals surface area contributed by atoms with E-state index in [1.807, 2.05) is 32.0 Å². The van der Waals surface area contributed by atoms with Crippen molar-refractivity contribution in [3.8, 4) is 22.6 Å². The van der Waals surface area contributed by atoms with Crippen molar-refractivity contribution in [2.45, 2.75) is 45.8 Å². The van der Waals surface area contributed by atoms with Gasteiger partial charge >= 0.3 is 0 Å². The van der Waals surface area contributed by atoms with E-state index in [1.165, 1.54) is 5.56 Å². The maximum absolute atomic E-state index is 6.19. The maximum atomic E-state index is 6.19. The van der Waals surface area contributed by atoms with Crippen LogP contribution in [0.15, 0.2) is 61.1 Å². The van der Waals surface area contributed by atoms with Gasteiger partial charge in [-0.2, -0.15) is 0 Å². The fraction of sp³-hybridized carbons (Fsp3) is 0.333. The van der Waals surface area contributed by atoms with Crippen molar-refractivity contribution in [1.29, 1.82) is 0 Å². The molecule has 3 heterocycles.